The zero-order valence-corrected chi connectivity index (χ0v) is 13.9. The van der Waals surface area contributed by atoms with Gasteiger partial charge < -0.3 is 0 Å². The van der Waals surface area contributed by atoms with E-state index in [0.29, 0.717) is 0 Å². The highest BCUT2D eigenvalue weighted by Crippen LogP contribution is 2.76. The summed E-state index contributed by atoms with van der Waals surface area (Å²) in [5, 5.41) is 0.394. The molecule has 1 heterocycles. The van der Waals surface area contributed by atoms with E-state index in [-0.39, 0.29) is 35.1 Å². The molecule has 3 rings (SSSR count). The first-order valence-corrected chi connectivity index (χ1v) is 7.96. The second-order valence-electron chi connectivity index (χ2n) is 4.48. The molecule has 0 radical (unpaired) electrons. The summed E-state index contributed by atoms with van der Waals surface area (Å²) in [6.07, 6.45) is 0. The maximum absolute atomic E-state index is 6.60. The Labute approximate surface area is 139 Å². The summed E-state index contributed by atoms with van der Waals surface area (Å²) >= 11 is 39.3. The van der Waals surface area contributed by atoms with E-state index >= 15 is 0 Å². The molecular weight excluding hydrogens is 385 g/mol. The van der Waals surface area contributed by atoms with Crippen LogP contribution in [0.25, 0.3) is 0 Å². The first kappa shape index (κ1) is 14.7. The lowest BCUT2D eigenvalue weighted by Gasteiger charge is -2.33. The molecule has 0 amide bonds. The summed E-state index contributed by atoms with van der Waals surface area (Å²) < 4.78 is 9.00. The highest BCUT2D eigenvalue weighted by Gasteiger charge is 2.82. The number of hydrogen-bond acceptors (Lipinski definition) is 3. The topological polar surface area (TPSA) is 18.5 Å². The van der Waals surface area contributed by atoms with Gasteiger partial charge in [0.2, 0.25) is 0 Å². The van der Waals surface area contributed by atoms with Gasteiger partial charge in [-0.25, -0.2) is 0 Å². The molecule has 1 saturated carbocycles. The number of alkyl halides is 4. The minimum atomic E-state index is -1.51. The maximum Gasteiger partial charge on any atom is 0.167 e. The molecule has 0 aromatic rings. The Morgan fingerprint density at radius 1 is 0.889 bits per heavy atom. The van der Waals surface area contributed by atoms with Crippen LogP contribution in [0.3, 0.4) is 0 Å². The van der Waals surface area contributed by atoms with E-state index in [2.05, 4.69) is 0 Å². The van der Waals surface area contributed by atoms with Crippen LogP contribution in [0.4, 0.5) is 0 Å². The molecule has 0 spiro atoms. The minimum Gasteiger partial charge on any atom is -0.291 e. The van der Waals surface area contributed by atoms with Crippen molar-refractivity contribution in [2.75, 3.05) is 13.2 Å². The molecule has 2 bridgehead atoms. The van der Waals surface area contributed by atoms with Crippen LogP contribution in [-0.4, -0.2) is 27.3 Å². The molecular formula is C9H6Cl6O2S. The van der Waals surface area contributed by atoms with E-state index in [9.17, 15) is 0 Å². The Morgan fingerprint density at radius 2 is 1.28 bits per heavy atom. The number of rotatable bonds is 0. The Bertz CT molecular complexity index is 407. The summed E-state index contributed by atoms with van der Waals surface area (Å²) in [5.41, 5.74) is 0. The Morgan fingerprint density at radius 3 is 1.67 bits per heavy atom. The molecule has 0 aromatic carbocycles. The van der Waals surface area contributed by atoms with E-state index < -0.39 is 14.1 Å². The number of fused-ring (bicyclic) bond motifs is 5. The molecule has 102 valence electrons. The Hall–Kier alpha value is 1.75. The normalized spacial score (nSPS) is 50.3. The maximum atomic E-state index is 6.60. The van der Waals surface area contributed by atoms with Crippen LogP contribution < -0.4 is 0 Å². The number of hydrogen-bond donors (Lipinski definition) is 0. The molecule has 1 saturated heterocycles. The van der Waals surface area contributed by atoms with Gasteiger partial charge in [0, 0.05) is 11.8 Å². The molecule has 18 heavy (non-hydrogen) atoms. The van der Waals surface area contributed by atoms with Crippen molar-refractivity contribution in [3.63, 3.8) is 0 Å². The quantitative estimate of drug-likeness (QED) is 0.442. The fraction of sp³-hybridized carbons (Fsp3) is 0.778. The summed E-state index contributed by atoms with van der Waals surface area (Å²) in [4.78, 5) is -2.51. The molecule has 0 aromatic heterocycles. The van der Waals surface area contributed by atoms with Gasteiger partial charge in [-0.1, -0.05) is 46.4 Å². The average Bonchev–Trinajstić information content (AvgIpc) is 2.60. The van der Waals surface area contributed by atoms with Crippen LogP contribution in [0.5, 0.6) is 0 Å². The second-order valence-corrected chi connectivity index (χ2v) is 8.36. The van der Waals surface area contributed by atoms with Gasteiger partial charge in [0.1, 0.15) is 9.75 Å². The van der Waals surface area contributed by atoms with Gasteiger partial charge in [0.25, 0.3) is 0 Å². The van der Waals surface area contributed by atoms with Gasteiger partial charge in [-0.05, 0) is 0 Å². The van der Waals surface area contributed by atoms with Crippen molar-refractivity contribution in [2.45, 2.75) is 14.1 Å². The van der Waals surface area contributed by atoms with Crippen molar-refractivity contribution < 1.29 is 8.37 Å². The summed E-state index contributed by atoms with van der Waals surface area (Å²) in [6, 6.07) is 0. The van der Waals surface area contributed by atoms with Crippen LogP contribution in [0.2, 0.25) is 0 Å². The van der Waals surface area contributed by atoms with E-state index in [1.165, 1.54) is 0 Å². The third-order valence-electron chi connectivity index (χ3n) is 3.84. The van der Waals surface area contributed by atoms with Crippen molar-refractivity contribution in [2.24, 2.45) is 11.8 Å². The third kappa shape index (κ3) is 1.39. The molecule has 2 fully saturated rings. The summed E-state index contributed by atoms with van der Waals surface area (Å²) in [5.74, 6) is -0.534. The fourth-order valence-electron chi connectivity index (χ4n) is 2.90. The zero-order chi connectivity index (χ0) is 13.3. The zero-order valence-electron chi connectivity index (χ0n) is 8.56. The van der Waals surface area contributed by atoms with Gasteiger partial charge in [0.05, 0.1) is 23.3 Å². The molecule has 1 aliphatic heterocycles. The molecule has 0 unspecified atom stereocenters. The first-order valence-electron chi connectivity index (χ1n) is 5.02. The Balaban J connectivity index is 2.21. The van der Waals surface area contributed by atoms with E-state index in [1.807, 2.05) is 0 Å². The highest BCUT2D eigenvalue weighted by atomic mass is 35.5. The molecule has 3 aliphatic rings. The van der Waals surface area contributed by atoms with Crippen molar-refractivity contribution in [3.8, 4) is 0 Å². The predicted octanol–water partition coefficient (Wildman–Crippen LogP) is 4.67. The Kier molecular flexibility index (Phi) is 3.57. The van der Waals surface area contributed by atoms with Gasteiger partial charge in [0.15, 0.2) is 16.7 Å². The number of allylic oxidation sites excluding steroid dienone is 2. The van der Waals surface area contributed by atoms with Crippen LogP contribution in [0.1, 0.15) is 0 Å². The molecule has 2 nitrogen and oxygen atoms in total. The lowest BCUT2D eigenvalue weighted by molar-refractivity contribution is 0.207. The molecule has 2 aliphatic carbocycles. The monoisotopic (exact) mass is 388 g/mol. The van der Waals surface area contributed by atoms with Gasteiger partial charge in [-0.2, -0.15) is 0 Å². The molecule has 0 N–H and O–H groups in total. The smallest absolute Gasteiger partial charge is 0.167 e. The lowest BCUT2D eigenvalue weighted by atomic mass is 9.83. The average molecular weight is 391 g/mol. The van der Waals surface area contributed by atoms with Crippen LogP contribution >= 0.6 is 81.9 Å². The first-order chi connectivity index (χ1) is 8.29. The SMILES string of the molecule is ClC1=C(Cl)[C@]2(Cl)[C@@H]3COSOC[C@@H]3[C@@]1(Cl)C2(Cl)Cl. The minimum absolute atomic E-state index is 0.197. The van der Waals surface area contributed by atoms with E-state index in [0.717, 1.165) is 12.3 Å². The predicted molar refractivity (Wildman–Crippen MR) is 76.8 cm³/mol. The van der Waals surface area contributed by atoms with Gasteiger partial charge >= 0.3 is 0 Å². The van der Waals surface area contributed by atoms with Crippen LogP contribution in [0, 0.1) is 11.8 Å². The lowest BCUT2D eigenvalue weighted by Crippen LogP contribution is -2.45. The van der Waals surface area contributed by atoms with Crippen molar-refractivity contribution >= 4 is 81.9 Å². The van der Waals surface area contributed by atoms with Gasteiger partial charge in [-0.15, -0.1) is 23.2 Å². The molecule has 4 atom stereocenters. The summed E-state index contributed by atoms with van der Waals surface area (Å²) in [6.45, 7) is 0.573. The van der Waals surface area contributed by atoms with Crippen molar-refractivity contribution in [3.05, 3.63) is 10.1 Å². The third-order valence-corrected chi connectivity index (χ3v) is 8.66. The van der Waals surface area contributed by atoms with Gasteiger partial charge in [-0.3, -0.25) is 8.37 Å². The van der Waals surface area contributed by atoms with Crippen molar-refractivity contribution in [1.82, 2.24) is 0 Å². The largest absolute Gasteiger partial charge is 0.291 e. The fourth-order valence-corrected chi connectivity index (χ4v) is 6.43. The van der Waals surface area contributed by atoms with E-state index in [1.54, 1.807) is 0 Å². The van der Waals surface area contributed by atoms with Crippen molar-refractivity contribution in [1.29, 1.82) is 0 Å². The van der Waals surface area contributed by atoms with E-state index in [4.69, 9.17) is 78.0 Å². The van der Waals surface area contributed by atoms with Crippen LogP contribution in [0.15, 0.2) is 10.1 Å². The number of halogens is 6. The second kappa shape index (κ2) is 4.37. The highest BCUT2D eigenvalue weighted by molar-refractivity contribution is 7.89. The summed E-state index contributed by atoms with van der Waals surface area (Å²) in [7, 11) is 0. The molecule has 9 heteroatoms. The standard InChI is InChI=1S/C9H6Cl6O2S/c10-5-6(11)8(13)4-2-17-18-16-1-3(4)7(5,12)9(8,14)15/h3-4H,1-2H2/t3-,4+,7-,8+. The van der Waals surface area contributed by atoms with Crippen LogP contribution in [-0.2, 0) is 8.37 Å².